The first-order chi connectivity index (χ1) is 21.0. The van der Waals surface area contributed by atoms with Crippen LogP contribution in [-0.2, 0) is 18.3 Å². The van der Waals surface area contributed by atoms with Crippen molar-refractivity contribution in [1.82, 2.24) is 9.88 Å². The second kappa shape index (κ2) is 12.0. The molecule has 6 rings (SSSR count). The first-order valence-corrected chi connectivity index (χ1v) is 15.0. The molecule has 2 aliphatic rings. The van der Waals surface area contributed by atoms with Crippen molar-refractivity contribution in [2.45, 2.75) is 31.2 Å². The van der Waals surface area contributed by atoms with Crippen LogP contribution >= 0.6 is 23.2 Å². The van der Waals surface area contributed by atoms with Crippen LogP contribution in [-0.4, -0.2) is 47.1 Å². The van der Waals surface area contributed by atoms with Gasteiger partial charge in [0.05, 0.1) is 16.9 Å². The molecule has 44 heavy (non-hydrogen) atoms. The van der Waals surface area contributed by atoms with Crippen molar-refractivity contribution >= 4 is 40.6 Å². The van der Waals surface area contributed by atoms with Crippen LogP contribution in [0.25, 0.3) is 11.1 Å². The number of fused-ring (bicyclic) bond motifs is 1. The number of piperidine rings is 1. The van der Waals surface area contributed by atoms with Crippen LogP contribution in [0.2, 0.25) is 10.0 Å². The Morgan fingerprint density at radius 1 is 0.932 bits per heavy atom. The van der Waals surface area contributed by atoms with Gasteiger partial charge in [-0.05, 0) is 78.1 Å². The highest BCUT2D eigenvalue weighted by atomic mass is 35.5. The second-order valence-corrected chi connectivity index (χ2v) is 12.0. The van der Waals surface area contributed by atoms with E-state index in [0.717, 1.165) is 22.8 Å². The molecular weight excluding hydrogens is 612 g/mol. The van der Waals surface area contributed by atoms with Gasteiger partial charge in [0.25, 0.3) is 5.91 Å². The molecule has 228 valence electrons. The lowest BCUT2D eigenvalue weighted by molar-refractivity contribution is -0.138. The average molecular weight is 642 g/mol. The van der Waals surface area contributed by atoms with E-state index in [1.807, 2.05) is 29.2 Å². The molecule has 1 aromatic heterocycles. The molecule has 0 aliphatic carbocycles. The first-order valence-electron chi connectivity index (χ1n) is 14.2. The van der Waals surface area contributed by atoms with E-state index in [4.69, 9.17) is 23.2 Å². The lowest BCUT2D eigenvalue weighted by Gasteiger charge is -2.38. The van der Waals surface area contributed by atoms with Gasteiger partial charge in [0.15, 0.2) is 0 Å². The Balaban J connectivity index is 1.21. The number of anilines is 2. The number of alkyl halides is 3. The molecule has 4 aromatic rings. The van der Waals surface area contributed by atoms with Gasteiger partial charge in [0, 0.05) is 60.1 Å². The molecule has 2 aliphatic heterocycles. The minimum absolute atomic E-state index is 0.00503. The largest absolute Gasteiger partial charge is 0.416 e. The number of likely N-dealkylation sites (tertiary alicyclic amines) is 1. The summed E-state index contributed by atoms with van der Waals surface area (Å²) in [6.45, 7) is 1.79. The van der Waals surface area contributed by atoms with Crippen molar-refractivity contribution < 1.29 is 23.1 Å². The van der Waals surface area contributed by atoms with Crippen LogP contribution in [0.5, 0.6) is 0 Å². The molecule has 1 saturated heterocycles. The van der Waals surface area contributed by atoms with Crippen molar-refractivity contribution in [3.8, 4) is 11.1 Å². The number of aliphatic hydroxyl groups is 1. The van der Waals surface area contributed by atoms with Gasteiger partial charge in [0.1, 0.15) is 5.82 Å². The molecule has 0 radical (unpaired) electrons. The average Bonchev–Trinajstić information content (AvgIpc) is 3.01. The van der Waals surface area contributed by atoms with Crippen LogP contribution in [0.3, 0.4) is 0 Å². The summed E-state index contributed by atoms with van der Waals surface area (Å²) in [5, 5.41) is 15.3. The predicted octanol–water partition coefficient (Wildman–Crippen LogP) is 7.63. The maximum absolute atomic E-state index is 13.7. The van der Waals surface area contributed by atoms with Gasteiger partial charge in [-0.1, -0.05) is 47.5 Å². The number of hydrogen-bond acceptors (Lipinski definition) is 5. The van der Waals surface area contributed by atoms with Crippen molar-refractivity contribution in [2.75, 3.05) is 36.4 Å². The van der Waals surface area contributed by atoms with E-state index in [1.165, 1.54) is 12.1 Å². The molecule has 1 fully saturated rings. The van der Waals surface area contributed by atoms with Crippen molar-refractivity contribution in [3.63, 3.8) is 0 Å². The van der Waals surface area contributed by atoms with Gasteiger partial charge in [-0.15, -0.1) is 0 Å². The summed E-state index contributed by atoms with van der Waals surface area (Å²) in [5.74, 6) is 0.434. The number of nitrogens with zero attached hydrogens (tertiary/aromatic N) is 3. The number of nitrogens with one attached hydrogen (secondary N) is 1. The number of aromatic nitrogens is 1. The molecule has 0 atom stereocenters. The van der Waals surface area contributed by atoms with Crippen LogP contribution in [0, 0.1) is 0 Å². The Bertz CT molecular complexity index is 1690. The van der Waals surface area contributed by atoms with E-state index in [1.54, 1.807) is 41.4 Å². The zero-order valence-electron chi connectivity index (χ0n) is 23.5. The molecular formula is C33H29Cl2F3N4O2. The van der Waals surface area contributed by atoms with Crippen LogP contribution in [0.15, 0.2) is 79.0 Å². The number of amides is 1. The Labute approximate surface area is 263 Å². The van der Waals surface area contributed by atoms with E-state index in [0.29, 0.717) is 61.1 Å². The number of pyridine rings is 1. The summed E-state index contributed by atoms with van der Waals surface area (Å²) in [7, 11) is 0. The number of hydrogen-bond donors (Lipinski definition) is 2. The molecule has 1 amide bonds. The monoisotopic (exact) mass is 640 g/mol. The van der Waals surface area contributed by atoms with E-state index in [-0.39, 0.29) is 23.0 Å². The molecule has 0 bridgehead atoms. The van der Waals surface area contributed by atoms with E-state index in [9.17, 15) is 23.1 Å². The van der Waals surface area contributed by atoms with E-state index >= 15 is 0 Å². The zero-order chi connectivity index (χ0) is 31.1. The van der Waals surface area contributed by atoms with Crippen molar-refractivity contribution in [3.05, 3.63) is 111 Å². The Morgan fingerprint density at radius 2 is 1.66 bits per heavy atom. The van der Waals surface area contributed by atoms with Crippen molar-refractivity contribution in [1.29, 1.82) is 0 Å². The van der Waals surface area contributed by atoms with Crippen LogP contribution < -0.4 is 10.2 Å². The fourth-order valence-corrected chi connectivity index (χ4v) is 6.22. The number of benzene rings is 3. The minimum atomic E-state index is -4.51. The fourth-order valence-electron chi connectivity index (χ4n) is 5.90. The molecule has 2 N–H and O–H groups in total. The summed E-state index contributed by atoms with van der Waals surface area (Å²) in [4.78, 5) is 21.6. The SMILES string of the molecule is O=C(c1cccc(-c2cnc3c(c2)N(Cc2cc(Cl)ccc2C(F)(F)F)CCN3)c1)N1CCC(O)(c2ccc(Cl)cc2)CC1. The van der Waals surface area contributed by atoms with Crippen LogP contribution in [0.1, 0.15) is 39.9 Å². The van der Waals surface area contributed by atoms with E-state index < -0.39 is 17.3 Å². The molecule has 3 aromatic carbocycles. The summed E-state index contributed by atoms with van der Waals surface area (Å²) < 4.78 is 41.2. The van der Waals surface area contributed by atoms with Gasteiger partial charge < -0.3 is 20.2 Å². The zero-order valence-corrected chi connectivity index (χ0v) is 25.1. The second-order valence-electron chi connectivity index (χ2n) is 11.2. The van der Waals surface area contributed by atoms with E-state index in [2.05, 4.69) is 10.3 Å². The summed E-state index contributed by atoms with van der Waals surface area (Å²) in [6.07, 6.45) is -2.01. The topological polar surface area (TPSA) is 68.7 Å². The number of rotatable bonds is 5. The standard InChI is InChI=1S/C33H29Cl2F3N4O2/c34-26-6-4-25(5-7-26)32(44)10-13-41(14-11-32)31(43)22-3-1-2-21(16-22)23-18-29-30(40-19-23)39-12-15-42(29)20-24-17-27(35)8-9-28(24)33(36,37)38/h1-9,16-19,44H,10-15,20H2,(H,39,40). The third kappa shape index (κ3) is 6.22. The van der Waals surface area contributed by atoms with Gasteiger partial charge in [0.2, 0.25) is 0 Å². The molecule has 0 saturated carbocycles. The summed E-state index contributed by atoms with van der Waals surface area (Å²) in [5.41, 5.74) is 1.77. The molecule has 0 spiro atoms. The predicted molar refractivity (Wildman–Crippen MR) is 166 cm³/mol. The smallest absolute Gasteiger partial charge is 0.385 e. The normalized spacial score (nSPS) is 16.3. The van der Waals surface area contributed by atoms with Crippen molar-refractivity contribution in [2.24, 2.45) is 0 Å². The van der Waals surface area contributed by atoms with Gasteiger partial charge >= 0.3 is 6.18 Å². The maximum atomic E-state index is 13.7. The van der Waals surface area contributed by atoms with Gasteiger partial charge in [-0.25, -0.2) is 4.98 Å². The quantitative estimate of drug-likeness (QED) is 0.235. The van der Waals surface area contributed by atoms with Crippen LogP contribution in [0.4, 0.5) is 24.7 Å². The highest BCUT2D eigenvalue weighted by Gasteiger charge is 2.36. The minimum Gasteiger partial charge on any atom is -0.385 e. The molecule has 11 heteroatoms. The highest BCUT2D eigenvalue weighted by Crippen LogP contribution is 2.38. The molecule has 6 nitrogen and oxygen atoms in total. The Hall–Kier alpha value is -3.79. The van der Waals surface area contributed by atoms with Gasteiger partial charge in [-0.2, -0.15) is 13.2 Å². The fraction of sp³-hybridized carbons (Fsp3) is 0.273. The Kier molecular flexibility index (Phi) is 8.22. The first kappa shape index (κ1) is 30.2. The van der Waals surface area contributed by atoms with Gasteiger partial charge in [-0.3, -0.25) is 4.79 Å². The number of carbonyl (C=O) groups excluding carboxylic acids is 1. The molecule has 3 heterocycles. The third-order valence-electron chi connectivity index (χ3n) is 8.32. The number of carbonyl (C=O) groups is 1. The number of halogens is 5. The molecule has 0 unspecified atom stereocenters. The Morgan fingerprint density at radius 3 is 2.39 bits per heavy atom. The lowest BCUT2D eigenvalue weighted by atomic mass is 9.84. The maximum Gasteiger partial charge on any atom is 0.416 e. The summed E-state index contributed by atoms with van der Waals surface area (Å²) in [6, 6.07) is 19.8. The lowest BCUT2D eigenvalue weighted by Crippen LogP contribution is -2.45. The highest BCUT2D eigenvalue weighted by molar-refractivity contribution is 6.30. The summed E-state index contributed by atoms with van der Waals surface area (Å²) >= 11 is 12.1. The third-order valence-corrected chi connectivity index (χ3v) is 8.81.